The Kier molecular flexibility index (Phi) is 5.01. The van der Waals surface area contributed by atoms with Crippen molar-refractivity contribution in [1.82, 2.24) is 4.90 Å². The Morgan fingerprint density at radius 3 is 2.48 bits per heavy atom. The summed E-state index contributed by atoms with van der Waals surface area (Å²) < 4.78 is 14.3. The van der Waals surface area contributed by atoms with Crippen LogP contribution in [0.2, 0.25) is 5.02 Å². The first-order valence-corrected chi connectivity index (χ1v) is 7.55. The highest BCUT2D eigenvalue weighted by Gasteiger charge is 2.22. The van der Waals surface area contributed by atoms with Crippen LogP contribution in [0.5, 0.6) is 0 Å². The average molecular weight is 371 g/mol. The summed E-state index contributed by atoms with van der Waals surface area (Å²) >= 11 is 8.95. The molecule has 0 heterocycles. The molecule has 0 aliphatic rings. The number of rotatable bonds is 3. The van der Waals surface area contributed by atoms with Crippen LogP contribution in [0.25, 0.3) is 0 Å². The van der Waals surface area contributed by atoms with E-state index in [4.69, 9.17) is 11.6 Å². The third-order valence-electron chi connectivity index (χ3n) is 3.44. The van der Waals surface area contributed by atoms with Gasteiger partial charge >= 0.3 is 0 Å². The van der Waals surface area contributed by atoms with Gasteiger partial charge in [-0.2, -0.15) is 0 Å². The van der Waals surface area contributed by atoms with Gasteiger partial charge in [-0.25, -0.2) is 4.39 Å². The Balaban J connectivity index is 2.26. The van der Waals surface area contributed by atoms with Crippen molar-refractivity contribution in [2.24, 2.45) is 0 Å². The molecule has 0 fully saturated rings. The second-order valence-corrected chi connectivity index (χ2v) is 6.04. The Morgan fingerprint density at radius 1 is 1.24 bits per heavy atom. The van der Waals surface area contributed by atoms with Gasteiger partial charge in [-0.05, 0) is 52.7 Å². The quantitative estimate of drug-likeness (QED) is 0.738. The monoisotopic (exact) mass is 369 g/mol. The Hall–Kier alpha value is -1.39. The van der Waals surface area contributed by atoms with E-state index in [1.807, 2.05) is 19.1 Å². The molecule has 2 nitrogen and oxygen atoms in total. The van der Waals surface area contributed by atoms with Crippen LogP contribution in [0.4, 0.5) is 4.39 Å². The summed E-state index contributed by atoms with van der Waals surface area (Å²) in [5, 5.41) is 0.637. The zero-order valence-corrected chi connectivity index (χ0v) is 14.0. The van der Waals surface area contributed by atoms with Gasteiger partial charge in [0.05, 0.1) is 16.1 Å². The maximum Gasteiger partial charge on any atom is 0.257 e. The van der Waals surface area contributed by atoms with E-state index in [9.17, 15) is 9.18 Å². The van der Waals surface area contributed by atoms with Crippen molar-refractivity contribution in [1.29, 1.82) is 0 Å². The normalized spacial score (nSPS) is 12.0. The molecular weight excluding hydrogens is 357 g/mol. The summed E-state index contributed by atoms with van der Waals surface area (Å²) in [5.74, 6) is -0.908. The molecule has 0 N–H and O–H groups in total. The molecule has 0 saturated heterocycles. The van der Waals surface area contributed by atoms with E-state index >= 15 is 0 Å². The molecule has 0 aliphatic carbocycles. The number of halogens is 3. The van der Waals surface area contributed by atoms with Crippen LogP contribution in [0.15, 0.2) is 46.9 Å². The maximum atomic E-state index is 14.0. The minimum Gasteiger partial charge on any atom is -0.335 e. The molecule has 0 bridgehead atoms. The lowest BCUT2D eigenvalue weighted by Crippen LogP contribution is -2.30. The van der Waals surface area contributed by atoms with Crippen LogP contribution in [0.3, 0.4) is 0 Å². The second kappa shape index (κ2) is 6.58. The van der Waals surface area contributed by atoms with E-state index in [1.165, 1.54) is 11.0 Å². The summed E-state index contributed by atoms with van der Waals surface area (Å²) in [6.45, 7) is 1.89. The highest BCUT2D eigenvalue weighted by molar-refractivity contribution is 9.10. The third-order valence-corrected chi connectivity index (χ3v) is 4.30. The molecule has 5 heteroatoms. The number of benzene rings is 2. The highest BCUT2D eigenvalue weighted by Crippen LogP contribution is 2.25. The molecule has 110 valence electrons. The van der Waals surface area contributed by atoms with E-state index in [-0.39, 0.29) is 22.0 Å². The van der Waals surface area contributed by atoms with E-state index in [1.54, 1.807) is 31.3 Å². The number of hydrogen-bond donors (Lipinski definition) is 0. The molecule has 2 rings (SSSR count). The smallest absolute Gasteiger partial charge is 0.257 e. The first-order valence-electron chi connectivity index (χ1n) is 6.38. The van der Waals surface area contributed by atoms with Gasteiger partial charge in [-0.1, -0.05) is 29.8 Å². The van der Waals surface area contributed by atoms with Crippen molar-refractivity contribution >= 4 is 33.4 Å². The molecule has 0 spiro atoms. The summed E-state index contributed by atoms with van der Waals surface area (Å²) in [4.78, 5) is 13.9. The fourth-order valence-corrected chi connectivity index (χ4v) is 2.49. The Labute approximate surface area is 136 Å². The van der Waals surface area contributed by atoms with Crippen molar-refractivity contribution in [2.75, 3.05) is 7.05 Å². The Morgan fingerprint density at radius 2 is 1.86 bits per heavy atom. The van der Waals surface area contributed by atoms with Gasteiger partial charge in [0, 0.05) is 12.1 Å². The van der Waals surface area contributed by atoms with Crippen molar-refractivity contribution in [3.8, 4) is 0 Å². The zero-order chi connectivity index (χ0) is 15.6. The fourth-order valence-electron chi connectivity index (χ4n) is 2.00. The second-order valence-electron chi connectivity index (χ2n) is 4.74. The minimum atomic E-state index is -0.544. The van der Waals surface area contributed by atoms with Gasteiger partial charge in [-0.3, -0.25) is 4.79 Å². The van der Waals surface area contributed by atoms with Crippen molar-refractivity contribution < 1.29 is 9.18 Å². The molecule has 0 radical (unpaired) electrons. The lowest BCUT2D eigenvalue weighted by atomic mass is 10.1. The largest absolute Gasteiger partial charge is 0.335 e. The molecular formula is C16H14BrClFNO. The lowest BCUT2D eigenvalue weighted by molar-refractivity contribution is 0.0737. The number of carbonyl (C=O) groups excluding carboxylic acids is 1. The van der Waals surface area contributed by atoms with Crippen LogP contribution in [-0.2, 0) is 0 Å². The fraction of sp³-hybridized carbons (Fsp3) is 0.188. The van der Waals surface area contributed by atoms with Crippen molar-refractivity contribution in [2.45, 2.75) is 13.0 Å². The van der Waals surface area contributed by atoms with Gasteiger partial charge in [0.15, 0.2) is 0 Å². The number of carbonyl (C=O) groups is 1. The molecule has 0 aliphatic heterocycles. The van der Waals surface area contributed by atoms with Gasteiger partial charge in [0.1, 0.15) is 5.82 Å². The molecule has 1 atom stereocenters. The van der Waals surface area contributed by atoms with Gasteiger partial charge in [0.2, 0.25) is 0 Å². The van der Waals surface area contributed by atoms with E-state index in [2.05, 4.69) is 15.9 Å². The van der Waals surface area contributed by atoms with Crippen molar-refractivity contribution in [3.05, 3.63) is 68.9 Å². The first-order chi connectivity index (χ1) is 9.91. The summed E-state index contributed by atoms with van der Waals surface area (Å²) in [6, 6.07) is 11.7. The van der Waals surface area contributed by atoms with Crippen LogP contribution in [-0.4, -0.2) is 17.9 Å². The number of amides is 1. The molecule has 1 unspecified atom stereocenters. The first kappa shape index (κ1) is 16.0. The SMILES string of the molecule is CC(c1ccc(Cl)cc1)N(C)C(=O)c1cccc(Br)c1F. The van der Waals surface area contributed by atoms with E-state index in [0.29, 0.717) is 5.02 Å². The molecule has 0 saturated carbocycles. The molecule has 2 aromatic carbocycles. The van der Waals surface area contributed by atoms with Crippen molar-refractivity contribution in [3.63, 3.8) is 0 Å². The van der Waals surface area contributed by atoms with Crippen LogP contribution >= 0.6 is 27.5 Å². The summed E-state index contributed by atoms with van der Waals surface area (Å²) in [7, 11) is 1.65. The van der Waals surface area contributed by atoms with Crippen LogP contribution in [0.1, 0.15) is 28.9 Å². The van der Waals surface area contributed by atoms with Gasteiger partial charge in [0.25, 0.3) is 5.91 Å². The standard InChI is InChI=1S/C16H14BrClFNO/c1-10(11-6-8-12(18)9-7-11)20(2)16(21)13-4-3-5-14(17)15(13)19/h3-10H,1-2H3. The Bertz CT molecular complexity index is 660. The predicted octanol–water partition coefficient (Wildman–Crippen LogP) is 5.07. The van der Waals surface area contributed by atoms with E-state index in [0.717, 1.165) is 5.56 Å². The zero-order valence-electron chi connectivity index (χ0n) is 11.6. The molecule has 1 amide bonds. The predicted molar refractivity (Wildman–Crippen MR) is 86.1 cm³/mol. The number of hydrogen-bond acceptors (Lipinski definition) is 1. The topological polar surface area (TPSA) is 20.3 Å². The molecule has 2 aromatic rings. The van der Waals surface area contributed by atoms with E-state index < -0.39 is 5.82 Å². The maximum absolute atomic E-state index is 14.0. The van der Waals surface area contributed by atoms with Gasteiger partial charge < -0.3 is 4.90 Å². The third kappa shape index (κ3) is 3.44. The van der Waals surface area contributed by atoms with Crippen LogP contribution in [0, 0.1) is 5.82 Å². The lowest BCUT2D eigenvalue weighted by Gasteiger charge is -2.25. The summed E-state index contributed by atoms with van der Waals surface area (Å²) in [6.07, 6.45) is 0. The minimum absolute atomic E-state index is 0.0488. The average Bonchev–Trinajstić information content (AvgIpc) is 2.48. The van der Waals surface area contributed by atoms with Crippen LogP contribution < -0.4 is 0 Å². The van der Waals surface area contributed by atoms with Gasteiger partial charge in [-0.15, -0.1) is 0 Å². The molecule has 21 heavy (non-hydrogen) atoms. The summed E-state index contributed by atoms with van der Waals surface area (Å²) in [5.41, 5.74) is 0.985. The number of nitrogens with zero attached hydrogens (tertiary/aromatic N) is 1. The highest BCUT2D eigenvalue weighted by atomic mass is 79.9. The molecule has 0 aromatic heterocycles.